The average molecular weight is 243 g/mol. The summed E-state index contributed by atoms with van der Waals surface area (Å²) in [7, 11) is 0. The Balaban J connectivity index is 2.19. The number of carbonyl (C=O) groups is 1. The fourth-order valence-corrected chi connectivity index (χ4v) is 1.44. The van der Waals surface area contributed by atoms with Crippen LogP contribution in [0.25, 0.3) is 0 Å². The first kappa shape index (κ1) is 12.0. The largest absolute Gasteiger partial charge is 0.477 e. The van der Waals surface area contributed by atoms with Gasteiger partial charge in [-0.05, 0) is 31.2 Å². The Morgan fingerprint density at radius 1 is 1.22 bits per heavy atom. The van der Waals surface area contributed by atoms with Crippen LogP contribution < -0.4 is 10.1 Å². The molecule has 0 aliphatic carbocycles. The zero-order valence-corrected chi connectivity index (χ0v) is 9.96. The molecule has 0 spiro atoms. The van der Waals surface area contributed by atoms with Gasteiger partial charge >= 0.3 is 0 Å². The summed E-state index contributed by atoms with van der Waals surface area (Å²) in [4.78, 5) is 20.1. The topological polar surface area (TPSA) is 64.1 Å². The third-order valence-electron chi connectivity index (χ3n) is 2.20. The van der Waals surface area contributed by atoms with Crippen molar-refractivity contribution < 1.29 is 9.53 Å². The van der Waals surface area contributed by atoms with Gasteiger partial charge in [0.15, 0.2) is 0 Å². The number of hydrogen-bond acceptors (Lipinski definition) is 4. The minimum absolute atomic E-state index is 0.287. The Bertz CT molecular complexity index is 529. The number of anilines is 1. The van der Waals surface area contributed by atoms with Crippen LogP contribution in [0, 0.1) is 0 Å². The molecule has 0 radical (unpaired) electrons. The lowest BCUT2D eigenvalue weighted by molar-refractivity contribution is 0.102. The van der Waals surface area contributed by atoms with Gasteiger partial charge in [0, 0.05) is 12.4 Å². The lowest BCUT2D eigenvalue weighted by atomic mass is 10.2. The SMILES string of the molecule is CCOc1ncccc1C(=O)Nc1ccccn1. The molecular weight excluding hydrogens is 230 g/mol. The van der Waals surface area contributed by atoms with E-state index in [-0.39, 0.29) is 5.91 Å². The van der Waals surface area contributed by atoms with E-state index in [0.29, 0.717) is 23.9 Å². The molecule has 2 aromatic heterocycles. The van der Waals surface area contributed by atoms with Gasteiger partial charge < -0.3 is 10.1 Å². The number of carbonyl (C=O) groups excluding carboxylic acids is 1. The first-order valence-electron chi connectivity index (χ1n) is 5.61. The Morgan fingerprint density at radius 3 is 2.78 bits per heavy atom. The van der Waals surface area contributed by atoms with Crippen molar-refractivity contribution in [3.8, 4) is 5.88 Å². The number of rotatable bonds is 4. The van der Waals surface area contributed by atoms with Crippen LogP contribution in [0.15, 0.2) is 42.7 Å². The fraction of sp³-hybridized carbons (Fsp3) is 0.154. The first-order valence-corrected chi connectivity index (χ1v) is 5.61. The third-order valence-corrected chi connectivity index (χ3v) is 2.20. The minimum Gasteiger partial charge on any atom is -0.477 e. The van der Waals surface area contributed by atoms with Crippen LogP contribution in [-0.4, -0.2) is 22.5 Å². The molecule has 0 aromatic carbocycles. The van der Waals surface area contributed by atoms with Crippen molar-refractivity contribution in [2.24, 2.45) is 0 Å². The molecule has 0 aliphatic rings. The number of ether oxygens (including phenoxy) is 1. The van der Waals surface area contributed by atoms with Crippen LogP contribution in [0.1, 0.15) is 17.3 Å². The van der Waals surface area contributed by atoms with Crippen molar-refractivity contribution in [3.05, 3.63) is 48.3 Å². The summed E-state index contributed by atoms with van der Waals surface area (Å²) in [5, 5.41) is 2.69. The molecule has 0 saturated heterocycles. The van der Waals surface area contributed by atoms with Crippen LogP contribution in [0.2, 0.25) is 0 Å². The number of pyridine rings is 2. The number of amides is 1. The van der Waals surface area contributed by atoms with Gasteiger partial charge in [-0.2, -0.15) is 0 Å². The fourth-order valence-electron chi connectivity index (χ4n) is 1.44. The molecule has 0 unspecified atom stereocenters. The lowest BCUT2D eigenvalue weighted by Crippen LogP contribution is -2.15. The zero-order valence-electron chi connectivity index (χ0n) is 9.96. The van der Waals surface area contributed by atoms with Gasteiger partial charge in [0.1, 0.15) is 11.4 Å². The molecule has 0 fully saturated rings. The van der Waals surface area contributed by atoms with Crippen LogP contribution in [0.4, 0.5) is 5.82 Å². The normalized spacial score (nSPS) is 9.83. The van der Waals surface area contributed by atoms with Crippen molar-refractivity contribution in [1.82, 2.24) is 9.97 Å². The van der Waals surface area contributed by atoms with Gasteiger partial charge in [-0.1, -0.05) is 6.07 Å². The molecule has 0 bridgehead atoms. The van der Waals surface area contributed by atoms with E-state index in [0.717, 1.165) is 0 Å². The summed E-state index contributed by atoms with van der Waals surface area (Å²) in [6.07, 6.45) is 3.20. The highest BCUT2D eigenvalue weighted by Crippen LogP contribution is 2.15. The molecule has 2 aromatic rings. The Morgan fingerprint density at radius 2 is 2.06 bits per heavy atom. The van der Waals surface area contributed by atoms with E-state index >= 15 is 0 Å². The second kappa shape index (κ2) is 5.77. The van der Waals surface area contributed by atoms with E-state index in [1.54, 1.807) is 42.7 Å². The molecule has 0 saturated carbocycles. The summed E-state index contributed by atoms with van der Waals surface area (Å²) in [5.41, 5.74) is 0.394. The highest BCUT2D eigenvalue weighted by atomic mass is 16.5. The van der Waals surface area contributed by atoms with Crippen molar-refractivity contribution >= 4 is 11.7 Å². The molecule has 0 atom stereocenters. The second-order valence-corrected chi connectivity index (χ2v) is 3.46. The maximum absolute atomic E-state index is 12.0. The van der Waals surface area contributed by atoms with Gasteiger partial charge in [-0.3, -0.25) is 4.79 Å². The highest BCUT2D eigenvalue weighted by molar-refractivity contribution is 6.05. The quantitative estimate of drug-likeness (QED) is 0.893. The summed E-state index contributed by atoms with van der Waals surface area (Å²) in [6.45, 7) is 2.30. The molecule has 0 aliphatic heterocycles. The van der Waals surface area contributed by atoms with Gasteiger partial charge in [0.2, 0.25) is 5.88 Å². The zero-order chi connectivity index (χ0) is 12.8. The van der Waals surface area contributed by atoms with Crippen molar-refractivity contribution in [2.75, 3.05) is 11.9 Å². The molecule has 18 heavy (non-hydrogen) atoms. The minimum atomic E-state index is -0.287. The molecule has 5 heteroatoms. The van der Waals surface area contributed by atoms with Gasteiger partial charge in [0.25, 0.3) is 5.91 Å². The van der Waals surface area contributed by atoms with E-state index in [9.17, 15) is 4.79 Å². The number of hydrogen-bond donors (Lipinski definition) is 1. The Kier molecular flexibility index (Phi) is 3.86. The summed E-state index contributed by atoms with van der Waals surface area (Å²) >= 11 is 0. The molecule has 5 nitrogen and oxygen atoms in total. The van der Waals surface area contributed by atoms with Crippen LogP contribution in [-0.2, 0) is 0 Å². The first-order chi connectivity index (χ1) is 8.81. The van der Waals surface area contributed by atoms with E-state index in [2.05, 4.69) is 15.3 Å². The second-order valence-electron chi connectivity index (χ2n) is 3.46. The maximum Gasteiger partial charge on any atom is 0.262 e. The summed E-state index contributed by atoms with van der Waals surface area (Å²) < 4.78 is 5.30. The van der Waals surface area contributed by atoms with Crippen molar-refractivity contribution in [1.29, 1.82) is 0 Å². The monoisotopic (exact) mass is 243 g/mol. The van der Waals surface area contributed by atoms with E-state index in [1.165, 1.54) is 0 Å². The number of aromatic nitrogens is 2. The molecule has 1 N–H and O–H groups in total. The Labute approximate surface area is 105 Å². The van der Waals surface area contributed by atoms with Crippen LogP contribution in [0.3, 0.4) is 0 Å². The predicted octanol–water partition coefficient (Wildman–Crippen LogP) is 2.13. The van der Waals surface area contributed by atoms with Crippen molar-refractivity contribution in [3.63, 3.8) is 0 Å². The van der Waals surface area contributed by atoms with Crippen LogP contribution in [0.5, 0.6) is 5.88 Å². The summed E-state index contributed by atoms with van der Waals surface area (Å²) in [5.74, 6) is 0.535. The maximum atomic E-state index is 12.0. The highest BCUT2D eigenvalue weighted by Gasteiger charge is 2.13. The smallest absolute Gasteiger partial charge is 0.262 e. The molecule has 2 heterocycles. The van der Waals surface area contributed by atoms with Crippen LogP contribution >= 0.6 is 0 Å². The van der Waals surface area contributed by atoms with Gasteiger partial charge in [-0.25, -0.2) is 9.97 Å². The van der Waals surface area contributed by atoms with E-state index in [1.807, 2.05) is 6.92 Å². The number of nitrogens with zero attached hydrogens (tertiary/aromatic N) is 2. The lowest BCUT2D eigenvalue weighted by Gasteiger charge is -2.08. The third kappa shape index (κ3) is 2.82. The van der Waals surface area contributed by atoms with Gasteiger partial charge in [0.05, 0.1) is 6.61 Å². The average Bonchev–Trinajstić information content (AvgIpc) is 2.41. The standard InChI is InChI=1S/C13H13N3O2/c1-2-18-13-10(6-5-9-15-13)12(17)16-11-7-3-4-8-14-11/h3-9H,2H2,1H3,(H,14,16,17). The Hall–Kier alpha value is -2.43. The molecule has 1 amide bonds. The number of nitrogens with one attached hydrogen (secondary N) is 1. The van der Waals surface area contributed by atoms with Crippen molar-refractivity contribution in [2.45, 2.75) is 6.92 Å². The molecule has 2 rings (SSSR count). The van der Waals surface area contributed by atoms with Gasteiger partial charge in [-0.15, -0.1) is 0 Å². The molecular formula is C13H13N3O2. The predicted molar refractivity (Wildman–Crippen MR) is 67.6 cm³/mol. The molecule has 92 valence electrons. The van der Waals surface area contributed by atoms with E-state index < -0.39 is 0 Å². The van der Waals surface area contributed by atoms with E-state index in [4.69, 9.17) is 4.74 Å². The summed E-state index contributed by atoms with van der Waals surface area (Å²) in [6, 6.07) is 8.65.